The van der Waals surface area contributed by atoms with Gasteiger partial charge >= 0.3 is 12.1 Å². The van der Waals surface area contributed by atoms with Crippen molar-refractivity contribution in [3.8, 4) is 0 Å². The summed E-state index contributed by atoms with van der Waals surface area (Å²) in [6, 6.07) is 13.0. The van der Waals surface area contributed by atoms with Gasteiger partial charge in [-0.25, -0.2) is 9.59 Å². The molecule has 2 aliphatic heterocycles. The lowest BCUT2D eigenvalue weighted by atomic mass is 9.99. The average Bonchev–Trinajstić information content (AvgIpc) is 2.85. The number of thioether (sulfide) groups is 1. The Morgan fingerprint density at radius 2 is 1.74 bits per heavy atom. The maximum absolute atomic E-state index is 12.8. The van der Waals surface area contributed by atoms with E-state index >= 15 is 0 Å². The van der Waals surface area contributed by atoms with Gasteiger partial charge in [0.25, 0.3) is 5.69 Å². The van der Waals surface area contributed by atoms with E-state index in [-0.39, 0.29) is 18.9 Å². The van der Waals surface area contributed by atoms with Crippen molar-refractivity contribution in [1.82, 2.24) is 10.2 Å². The molecule has 3 atom stereocenters. The number of nitrogens with one attached hydrogen (secondary N) is 1. The molecule has 4 rings (SSSR count). The number of hydrogen-bond donors (Lipinski definition) is 1. The van der Waals surface area contributed by atoms with Gasteiger partial charge < -0.3 is 19.7 Å². The van der Waals surface area contributed by atoms with E-state index in [1.54, 1.807) is 0 Å². The van der Waals surface area contributed by atoms with Gasteiger partial charge in [-0.3, -0.25) is 14.9 Å². The van der Waals surface area contributed by atoms with Gasteiger partial charge in [0.1, 0.15) is 24.6 Å². The normalized spacial score (nSPS) is 21.2. The molecule has 2 heterocycles. The van der Waals surface area contributed by atoms with Crippen LogP contribution in [0.3, 0.4) is 0 Å². The predicted octanol–water partition coefficient (Wildman–Crippen LogP) is 2.77. The maximum atomic E-state index is 12.8. The van der Waals surface area contributed by atoms with Crippen LogP contribution in [-0.2, 0) is 32.3 Å². The smallest absolute Gasteiger partial charge is 0.408 e. The van der Waals surface area contributed by atoms with Crippen LogP contribution in [0.4, 0.5) is 10.5 Å². The van der Waals surface area contributed by atoms with Gasteiger partial charge in [0.2, 0.25) is 5.91 Å². The molecule has 2 amide bonds. The Labute approximate surface area is 199 Å². The minimum atomic E-state index is -0.906. The van der Waals surface area contributed by atoms with Crippen molar-refractivity contribution < 1.29 is 28.8 Å². The SMILES string of the molecule is C=C1CS[C@@H]2C(NC(=O)OCc3ccc([N+](=O)[O-])cc3)C(=O)N2C1C(=O)OCc1ccccc1. The van der Waals surface area contributed by atoms with E-state index in [1.165, 1.54) is 40.9 Å². The Kier molecular flexibility index (Phi) is 6.82. The van der Waals surface area contributed by atoms with Crippen LogP contribution in [0, 0.1) is 10.1 Å². The lowest BCUT2D eigenvalue weighted by molar-refractivity contribution is -0.384. The number of esters is 1. The van der Waals surface area contributed by atoms with Crippen molar-refractivity contribution in [3.05, 3.63) is 88.0 Å². The number of nitro groups is 1. The van der Waals surface area contributed by atoms with Crippen molar-refractivity contribution in [3.63, 3.8) is 0 Å². The highest BCUT2D eigenvalue weighted by Crippen LogP contribution is 2.40. The highest BCUT2D eigenvalue weighted by atomic mass is 32.2. The first-order valence-corrected chi connectivity index (χ1v) is 11.4. The first kappa shape index (κ1) is 23.3. The van der Waals surface area contributed by atoms with Crippen LogP contribution in [0.5, 0.6) is 0 Å². The summed E-state index contributed by atoms with van der Waals surface area (Å²) in [6.07, 6.45) is -0.801. The number of benzene rings is 2. The molecule has 2 aromatic carbocycles. The number of non-ortho nitro benzene ring substituents is 1. The molecule has 176 valence electrons. The second-order valence-electron chi connectivity index (χ2n) is 7.72. The number of β-lactam (4-membered cyclic amide) rings is 1. The lowest BCUT2D eigenvalue weighted by Gasteiger charge is -2.52. The number of nitro benzene ring substituents is 1. The monoisotopic (exact) mass is 483 g/mol. The number of fused-ring (bicyclic) bond motifs is 1. The Bertz CT molecular complexity index is 1120. The molecule has 34 heavy (non-hydrogen) atoms. The highest BCUT2D eigenvalue weighted by molar-refractivity contribution is 8.00. The van der Waals surface area contributed by atoms with E-state index in [4.69, 9.17) is 9.47 Å². The van der Waals surface area contributed by atoms with Gasteiger partial charge in [-0.05, 0) is 28.8 Å². The summed E-state index contributed by atoms with van der Waals surface area (Å²) in [5.41, 5.74) is 1.88. The van der Waals surface area contributed by atoms with Crippen LogP contribution in [0.2, 0.25) is 0 Å². The van der Waals surface area contributed by atoms with Crippen molar-refractivity contribution in [2.45, 2.75) is 30.7 Å². The standard InChI is InChI=1S/C23H21N3O7S/c1-14-13-34-21-18(24-23(29)33-12-16-7-9-17(10-8-16)26(30)31)20(27)25(21)19(14)22(28)32-11-15-5-3-2-4-6-15/h2-10,18-19,21H,1,11-13H2,(H,24,29)/t18?,19?,21-/m1/s1. The first-order valence-electron chi connectivity index (χ1n) is 10.3. The molecule has 2 saturated heterocycles. The molecule has 0 saturated carbocycles. The molecule has 0 radical (unpaired) electrons. The number of carbonyl (C=O) groups excluding carboxylic acids is 3. The van der Waals surface area contributed by atoms with Crippen LogP contribution in [0.1, 0.15) is 11.1 Å². The van der Waals surface area contributed by atoms with Crippen LogP contribution in [0.15, 0.2) is 66.7 Å². The zero-order chi connectivity index (χ0) is 24.2. The van der Waals surface area contributed by atoms with E-state index in [0.717, 1.165) is 5.56 Å². The zero-order valence-corrected chi connectivity index (χ0v) is 18.7. The molecule has 2 unspecified atom stereocenters. The van der Waals surface area contributed by atoms with Crippen LogP contribution >= 0.6 is 11.8 Å². The minimum Gasteiger partial charge on any atom is -0.459 e. The molecule has 0 spiro atoms. The van der Waals surface area contributed by atoms with Gasteiger partial charge in [0.05, 0.1) is 4.92 Å². The number of amides is 2. The summed E-state index contributed by atoms with van der Waals surface area (Å²) in [6.45, 7) is 3.89. The van der Waals surface area contributed by atoms with Gasteiger partial charge in [-0.15, -0.1) is 11.8 Å². The van der Waals surface area contributed by atoms with Crippen molar-refractivity contribution in [2.75, 3.05) is 5.75 Å². The van der Waals surface area contributed by atoms with Crippen molar-refractivity contribution in [2.24, 2.45) is 0 Å². The largest absolute Gasteiger partial charge is 0.459 e. The molecule has 2 aromatic rings. The van der Waals surface area contributed by atoms with E-state index in [9.17, 15) is 24.5 Å². The summed E-state index contributed by atoms with van der Waals surface area (Å²) in [5, 5.41) is 12.8. The molecule has 0 bridgehead atoms. The highest BCUT2D eigenvalue weighted by Gasteiger charge is 2.56. The Morgan fingerprint density at radius 3 is 2.41 bits per heavy atom. The molecule has 2 fully saturated rings. The molecule has 0 aromatic heterocycles. The fourth-order valence-electron chi connectivity index (χ4n) is 3.66. The van der Waals surface area contributed by atoms with Gasteiger partial charge in [0, 0.05) is 17.9 Å². The van der Waals surface area contributed by atoms with E-state index in [0.29, 0.717) is 16.9 Å². The third-order valence-electron chi connectivity index (χ3n) is 5.42. The molecule has 0 aliphatic carbocycles. The second-order valence-corrected chi connectivity index (χ2v) is 8.83. The first-order chi connectivity index (χ1) is 16.3. The quantitative estimate of drug-likeness (QED) is 0.209. The number of nitrogens with zero attached hydrogens (tertiary/aromatic N) is 2. The van der Waals surface area contributed by atoms with Crippen LogP contribution < -0.4 is 5.32 Å². The summed E-state index contributed by atoms with van der Waals surface area (Å²) in [5.74, 6) is -0.547. The summed E-state index contributed by atoms with van der Waals surface area (Å²) < 4.78 is 10.5. The second kappa shape index (κ2) is 9.96. The summed E-state index contributed by atoms with van der Waals surface area (Å²) in [4.78, 5) is 49.3. The Hall–Kier alpha value is -3.86. The fraction of sp³-hybridized carbons (Fsp3) is 0.261. The predicted molar refractivity (Wildman–Crippen MR) is 122 cm³/mol. The maximum Gasteiger partial charge on any atom is 0.408 e. The number of rotatable bonds is 7. The third kappa shape index (κ3) is 4.88. The average molecular weight is 484 g/mol. The van der Waals surface area contributed by atoms with E-state index in [1.807, 2.05) is 30.3 Å². The Morgan fingerprint density at radius 1 is 1.09 bits per heavy atom. The molecule has 10 nitrogen and oxygen atoms in total. The van der Waals surface area contributed by atoms with E-state index < -0.39 is 40.4 Å². The molecule has 11 heteroatoms. The summed E-state index contributed by atoms with van der Waals surface area (Å²) >= 11 is 1.39. The van der Waals surface area contributed by atoms with Crippen LogP contribution in [0.25, 0.3) is 0 Å². The van der Waals surface area contributed by atoms with E-state index in [2.05, 4.69) is 11.9 Å². The Balaban J connectivity index is 1.31. The van der Waals surface area contributed by atoms with Crippen molar-refractivity contribution in [1.29, 1.82) is 0 Å². The lowest BCUT2D eigenvalue weighted by Crippen LogP contribution is -2.74. The van der Waals surface area contributed by atoms with Crippen LogP contribution in [-0.4, -0.2) is 51.0 Å². The third-order valence-corrected chi connectivity index (χ3v) is 6.80. The molecule has 1 N–H and O–H groups in total. The molecular formula is C23H21N3O7S. The van der Waals surface area contributed by atoms with Crippen molar-refractivity contribution >= 4 is 35.4 Å². The minimum absolute atomic E-state index is 0.0684. The number of alkyl carbamates (subject to hydrolysis) is 1. The molecular weight excluding hydrogens is 462 g/mol. The number of hydrogen-bond acceptors (Lipinski definition) is 8. The number of ether oxygens (including phenoxy) is 2. The van der Waals surface area contributed by atoms with Gasteiger partial charge in [-0.1, -0.05) is 36.9 Å². The van der Waals surface area contributed by atoms with Gasteiger partial charge in [0.15, 0.2) is 6.04 Å². The van der Waals surface area contributed by atoms with Gasteiger partial charge in [-0.2, -0.15) is 0 Å². The zero-order valence-electron chi connectivity index (χ0n) is 17.9. The topological polar surface area (TPSA) is 128 Å². The molecule has 2 aliphatic rings. The summed E-state index contributed by atoms with van der Waals surface area (Å²) in [7, 11) is 0. The fourth-order valence-corrected chi connectivity index (χ4v) is 4.96. The number of carbonyl (C=O) groups is 3.